The van der Waals surface area contributed by atoms with Crippen molar-refractivity contribution in [3.8, 4) is 0 Å². The summed E-state index contributed by atoms with van der Waals surface area (Å²) in [5, 5.41) is 19.9. The first-order valence-electron chi connectivity index (χ1n) is 44.0. The summed E-state index contributed by atoms with van der Waals surface area (Å²) in [5.41, 5.74) is 14.8. The smallest absolute Gasteiger partial charge is 0.228 e. The van der Waals surface area contributed by atoms with Crippen LogP contribution >= 0.6 is 0 Å². The minimum atomic E-state index is -0.504. The van der Waals surface area contributed by atoms with E-state index in [-0.39, 0.29) is 55.3 Å². The van der Waals surface area contributed by atoms with Gasteiger partial charge in [-0.15, -0.1) is 0 Å². The molecule has 13 heteroatoms. The van der Waals surface area contributed by atoms with E-state index >= 15 is 0 Å². The van der Waals surface area contributed by atoms with Gasteiger partial charge in [-0.3, -0.25) is 19.2 Å². The highest BCUT2D eigenvalue weighted by atomic mass is 16.3. The number of piperidine rings is 2. The van der Waals surface area contributed by atoms with Gasteiger partial charge in [0, 0.05) is 101 Å². The molecule has 13 nitrogen and oxygen atoms in total. The Balaban J connectivity index is 0.0000000955. The highest BCUT2D eigenvalue weighted by Gasteiger charge is 2.71. The maximum absolute atomic E-state index is 14.0. The van der Waals surface area contributed by atoms with Crippen LogP contribution in [-0.2, 0) is 40.8 Å². The first-order valence-corrected chi connectivity index (χ1v) is 44.0. The van der Waals surface area contributed by atoms with E-state index < -0.39 is 5.54 Å². The third-order valence-corrected chi connectivity index (χ3v) is 35.2. The molecule has 4 aromatic rings. The number of carbonyl (C=O) groups is 4. The Kier molecular flexibility index (Phi) is 16.7. The van der Waals surface area contributed by atoms with E-state index in [1.165, 1.54) is 119 Å². The quantitative estimate of drug-likeness (QED) is 0.110. The van der Waals surface area contributed by atoms with Crippen molar-refractivity contribution in [1.29, 1.82) is 0 Å². The third-order valence-electron chi connectivity index (χ3n) is 35.2. The standard InChI is InChI=1S/C25H34N2O.C24H34N2O2.C24H32N2O.C23H30N2O/c1-22-11-19-12-24(14-22,20-5-3-2-4-6-20)16-25(13-19,15-22)21(28)27-9-7-23(8-10-27)17-26-18-23;1-21-11-18-12-22(14-21,19-5-3-2-4-6-19)16-23(13-18,15-21)20(28)26-9-7-24(25,17-27)8-10-26;1-21-9-18-10-23(12-21,19-5-3-2-4-6-19)14-24(11-18,13-21)20(27)26-16-22(17-26)7-8-25-15-22;1-20-7-17-8-22(10-20,18-5-3-2-4-6-18)12-23(9-17,11-20)19(26)25-15-21(16-25)13-24-14-21/h2-6,19,26H,7-18H2,1H3;2-6,18,27H,7-17,25H2,1H3;2-6,18,25H,7-17H2,1H3;2-6,17,24H,7-16H2,1H3/t19?,22-,24-,25?;18?,21-,22-,23?;18?,21-,23-,24?;17?,20-,22-,23?/m1111/s1. The van der Waals surface area contributed by atoms with Crippen LogP contribution in [0.2, 0.25) is 0 Å². The number of carbonyl (C=O) groups excluding carboxylic acids is 4. The molecule has 16 aliphatic carbocycles. The number of likely N-dealkylation sites (tertiary alicyclic amines) is 4. The Morgan fingerprint density at radius 3 is 0.890 bits per heavy atom. The summed E-state index contributed by atoms with van der Waals surface area (Å²) in [7, 11) is 0. The molecule has 109 heavy (non-hydrogen) atoms. The van der Waals surface area contributed by atoms with E-state index in [0.717, 1.165) is 173 Å². The molecule has 16 bridgehead atoms. The zero-order valence-electron chi connectivity index (χ0n) is 66.9. The number of aliphatic hydroxyl groups excluding tert-OH is 1. The predicted octanol–water partition coefficient (Wildman–Crippen LogP) is 14.4. The maximum Gasteiger partial charge on any atom is 0.228 e. The number of amides is 4. The second kappa shape index (κ2) is 25.0. The fraction of sp³-hybridized carbons (Fsp3) is 0.708. The van der Waals surface area contributed by atoms with Crippen molar-refractivity contribution in [3.63, 3.8) is 0 Å². The molecule has 0 aromatic heterocycles. The third kappa shape index (κ3) is 12.0. The van der Waals surface area contributed by atoms with Gasteiger partial charge >= 0.3 is 0 Å². The molecule has 27 rings (SSSR count). The fourth-order valence-electron chi connectivity index (χ4n) is 33.3. The summed E-state index contributed by atoms with van der Waals surface area (Å²) in [6.07, 6.45) is 33.8. The largest absolute Gasteiger partial charge is 0.394 e. The summed E-state index contributed by atoms with van der Waals surface area (Å²) in [5.74, 6) is 4.79. The summed E-state index contributed by atoms with van der Waals surface area (Å²) < 4.78 is 0. The van der Waals surface area contributed by atoms with Crippen LogP contribution in [0.25, 0.3) is 0 Å². The van der Waals surface area contributed by atoms with Gasteiger partial charge in [0.25, 0.3) is 0 Å². The minimum absolute atomic E-state index is 0.0113. The van der Waals surface area contributed by atoms with Crippen LogP contribution in [0.15, 0.2) is 121 Å². The van der Waals surface area contributed by atoms with Crippen LogP contribution in [0.4, 0.5) is 0 Å². The van der Waals surface area contributed by atoms with Crippen LogP contribution in [0.5, 0.6) is 0 Å². The van der Waals surface area contributed by atoms with Gasteiger partial charge < -0.3 is 46.4 Å². The molecule has 0 radical (unpaired) electrons. The fourth-order valence-corrected chi connectivity index (χ4v) is 33.3. The highest BCUT2D eigenvalue weighted by Crippen LogP contribution is 2.75. The molecule has 7 heterocycles. The minimum Gasteiger partial charge on any atom is -0.394 e. The number of aliphatic hydroxyl groups is 1. The summed E-state index contributed by atoms with van der Waals surface area (Å²) in [4.78, 5) is 64.3. The van der Waals surface area contributed by atoms with Crippen LogP contribution in [0.3, 0.4) is 0 Å². The molecule has 7 aliphatic heterocycles. The lowest BCUT2D eigenvalue weighted by molar-refractivity contribution is -0.183. The molecule has 3 spiro atoms. The number of nitrogens with two attached hydrogens (primary N) is 1. The highest BCUT2D eigenvalue weighted by molar-refractivity contribution is 5.87. The molecule has 8 unspecified atom stereocenters. The lowest BCUT2D eigenvalue weighted by Crippen LogP contribution is -2.74. The van der Waals surface area contributed by atoms with Crippen LogP contribution in [0, 0.1) is 83.2 Å². The van der Waals surface area contributed by atoms with Gasteiger partial charge in [-0.25, -0.2) is 0 Å². The Morgan fingerprint density at radius 1 is 0.339 bits per heavy atom. The lowest BCUT2D eigenvalue weighted by Gasteiger charge is -2.67. The number of nitrogens with zero attached hydrogens (tertiary/aromatic N) is 4. The Bertz CT molecular complexity index is 4040. The molecular formula is C96H130N8O5. The molecule has 4 aromatic carbocycles. The van der Waals surface area contributed by atoms with Gasteiger partial charge in [-0.05, 0) is 287 Å². The second-order valence-electron chi connectivity index (χ2n) is 45.0. The molecule has 23 fully saturated rings. The molecular weight excluding hydrogens is 1350 g/mol. The summed E-state index contributed by atoms with van der Waals surface area (Å²) in [6, 6.07) is 44.5. The van der Waals surface area contributed by atoms with Crippen molar-refractivity contribution in [2.24, 2.45) is 89.0 Å². The summed E-state index contributed by atoms with van der Waals surface area (Å²) in [6.45, 7) is 24.0. The Hall–Kier alpha value is -5.44. The first kappa shape index (κ1) is 72.5. The normalized spacial score (nSPS) is 43.2. The lowest BCUT2D eigenvalue weighted by atomic mass is 9.38. The van der Waals surface area contributed by atoms with Crippen molar-refractivity contribution in [3.05, 3.63) is 144 Å². The van der Waals surface area contributed by atoms with Crippen LogP contribution in [-0.4, -0.2) is 152 Å². The van der Waals surface area contributed by atoms with Gasteiger partial charge in [-0.2, -0.15) is 0 Å². The molecule has 7 saturated heterocycles. The zero-order valence-corrected chi connectivity index (χ0v) is 66.9. The topological polar surface area (TPSA) is 164 Å². The van der Waals surface area contributed by atoms with Gasteiger partial charge in [-0.1, -0.05) is 149 Å². The Labute approximate surface area is 651 Å². The van der Waals surface area contributed by atoms with Crippen molar-refractivity contribution < 1.29 is 24.3 Å². The molecule has 16 saturated carbocycles. The SMILES string of the molecule is C[C@]12CC3CC(C(=O)N4CC5(CCNC5)C4)(C1)C[C@@](c1ccccc1)(C3)C2.C[C@]12CC3CC(C(=O)N4CC5(CNC5)C4)(C1)C[C@@](c1ccccc1)(C3)C2.C[C@]12CC3CC(C(=O)N4CCC(N)(CO)CC4)(C1)C[C@@](c1ccccc1)(C3)C2.C[C@]12CC3CC(C(=O)N4CCC5(CC4)CNC5)(C1)C[C@@](c1ccccc1)(C3)C2. The zero-order chi connectivity index (χ0) is 74.6. The number of nitrogens with one attached hydrogen (secondary N) is 3. The average molecular weight is 1480 g/mol. The van der Waals surface area contributed by atoms with E-state index in [1.54, 1.807) is 0 Å². The van der Waals surface area contributed by atoms with Crippen molar-refractivity contribution >= 4 is 23.6 Å². The van der Waals surface area contributed by atoms with E-state index in [9.17, 15) is 24.3 Å². The summed E-state index contributed by atoms with van der Waals surface area (Å²) >= 11 is 0. The van der Waals surface area contributed by atoms with Gasteiger partial charge in [0.15, 0.2) is 0 Å². The van der Waals surface area contributed by atoms with Gasteiger partial charge in [0.05, 0.1) is 28.3 Å². The molecule has 4 amide bonds. The van der Waals surface area contributed by atoms with E-state index in [0.29, 0.717) is 88.0 Å². The number of rotatable bonds is 9. The van der Waals surface area contributed by atoms with Crippen LogP contribution in [0.1, 0.15) is 236 Å². The van der Waals surface area contributed by atoms with E-state index in [2.05, 4.69) is 185 Å². The predicted molar refractivity (Wildman–Crippen MR) is 429 cm³/mol. The average Bonchev–Trinajstić information content (AvgIpc) is 0.775. The monoisotopic (exact) mass is 1480 g/mol. The maximum atomic E-state index is 14.0. The van der Waals surface area contributed by atoms with Crippen LogP contribution < -0.4 is 21.7 Å². The van der Waals surface area contributed by atoms with Crippen molar-refractivity contribution in [2.45, 2.75) is 241 Å². The second-order valence-corrected chi connectivity index (χ2v) is 45.0. The van der Waals surface area contributed by atoms with E-state index in [1.807, 2.05) is 0 Å². The van der Waals surface area contributed by atoms with Gasteiger partial charge in [0.2, 0.25) is 23.6 Å². The van der Waals surface area contributed by atoms with E-state index in [4.69, 9.17) is 5.73 Å². The number of hydrogen-bond acceptors (Lipinski definition) is 9. The molecule has 6 N–H and O–H groups in total. The molecule has 23 aliphatic rings. The number of hydrogen-bond donors (Lipinski definition) is 5. The van der Waals surface area contributed by atoms with Gasteiger partial charge in [0.1, 0.15) is 0 Å². The Morgan fingerprint density at radius 2 is 0.624 bits per heavy atom. The molecule has 16 atom stereocenters. The first-order chi connectivity index (χ1) is 52.1. The van der Waals surface area contributed by atoms with Crippen molar-refractivity contribution in [1.82, 2.24) is 35.6 Å². The molecule has 584 valence electrons. The van der Waals surface area contributed by atoms with Crippen molar-refractivity contribution in [2.75, 3.05) is 98.2 Å². The number of benzene rings is 4.